The Morgan fingerprint density at radius 2 is 1.90 bits per heavy atom. The maximum atomic E-state index is 10.7. The molecule has 0 heterocycles. The van der Waals surface area contributed by atoms with Crippen LogP contribution in [-0.2, 0) is 4.79 Å². The molecule has 0 aliphatic carbocycles. The van der Waals surface area contributed by atoms with E-state index < -0.39 is 0 Å². The van der Waals surface area contributed by atoms with E-state index in [1.807, 2.05) is 20.8 Å². The van der Waals surface area contributed by atoms with Crippen molar-refractivity contribution in [1.82, 2.24) is 5.32 Å². The molecule has 0 aliphatic heterocycles. The number of likely N-dealkylation sites (N-methyl/N-ethyl adjacent to an activating group) is 1. The second kappa shape index (κ2) is 3.01. The minimum Gasteiger partial charge on any atom is -0.368 e. The van der Waals surface area contributed by atoms with Crippen molar-refractivity contribution >= 4 is 5.91 Å². The predicted molar refractivity (Wildman–Crippen MR) is 41.5 cm³/mol. The fourth-order valence-electron chi connectivity index (χ4n) is 1.00. The number of carbonyl (C=O) groups excluding carboxylic acids is 1. The Kier molecular flexibility index (Phi) is 2.84. The molecule has 0 rings (SSSR count). The van der Waals surface area contributed by atoms with E-state index in [4.69, 9.17) is 5.73 Å². The number of hydrogen-bond acceptors (Lipinski definition) is 2. The third-order valence-electron chi connectivity index (χ3n) is 1.44. The van der Waals surface area contributed by atoms with Crippen LogP contribution in [0.1, 0.15) is 20.8 Å². The van der Waals surface area contributed by atoms with E-state index in [9.17, 15) is 4.79 Å². The van der Waals surface area contributed by atoms with E-state index in [2.05, 4.69) is 5.32 Å². The Bertz CT molecular complexity index is 126. The zero-order valence-electron chi connectivity index (χ0n) is 7.06. The van der Waals surface area contributed by atoms with Gasteiger partial charge in [-0.05, 0) is 12.5 Å². The molecule has 0 aromatic carbocycles. The van der Waals surface area contributed by atoms with Gasteiger partial charge in [0.15, 0.2) is 0 Å². The number of hydrogen-bond donors (Lipinski definition) is 2. The van der Waals surface area contributed by atoms with Gasteiger partial charge in [-0.2, -0.15) is 0 Å². The van der Waals surface area contributed by atoms with Crippen LogP contribution in [-0.4, -0.2) is 19.0 Å². The summed E-state index contributed by atoms with van der Waals surface area (Å²) in [6.07, 6.45) is 0. The quantitative estimate of drug-likeness (QED) is 0.577. The highest BCUT2D eigenvalue weighted by Crippen LogP contribution is 2.17. The van der Waals surface area contributed by atoms with Gasteiger partial charge in [0, 0.05) is 0 Å². The summed E-state index contributed by atoms with van der Waals surface area (Å²) in [6.45, 7) is 5.91. The number of amides is 1. The Balaban J connectivity index is 4.22. The molecule has 0 aromatic rings. The summed E-state index contributed by atoms with van der Waals surface area (Å²) in [4.78, 5) is 10.7. The van der Waals surface area contributed by atoms with Crippen LogP contribution in [0.5, 0.6) is 0 Å². The van der Waals surface area contributed by atoms with E-state index in [-0.39, 0.29) is 17.4 Å². The number of carbonyl (C=O) groups is 1. The molecular formula is C7H16N2O. The second-order valence-corrected chi connectivity index (χ2v) is 3.49. The van der Waals surface area contributed by atoms with Gasteiger partial charge in [0.05, 0.1) is 6.04 Å². The standard InChI is InChI=1S/C7H16N2O/c1-7(2,3)5(9-4)6(8)10/h5,9H,1-4H3,(H2,8,10)/t5-/m0/s1. The topological polar surface area (TPSA) is 55.1 Å². The fourth-order valence-corrected chi connectivity index (χ4v) is 1.00. The van der Waals surface area contributed by atoms with Crippen LogP contribution in [0.4, 0.5) is 0 Å². The molecule has 1 atom stereocenters. The van der Waals surface area contributed by atoms with Crippen molar-refractivity contribution in [1.29, 1.82) is 0 Å². The number of nitrogens with two attached hydrogens (primary N) is 1. The molecule has 0 bridgehead atoms. The summed E-state index contributed by atoms with van der Waals surface area (Å²) in [7, 11) is 1.74. The average Bonchev–Trinajstić information content (AvgIpc) is 1.60. The van der Waals surface area contributed by atoms with Gasteiger partial charge in [-0.15, -0.1) is 0 Å². The van der Waals surface area contributed by atoms with E-state index in [1.54, 1.807) is 7.05 Å². The molecule has 60 valence electrons. The average molecular weight is 144 g/mol. The number of rotatable bonds is 2. The Hall–Kier alpha value is -0.570. The first kappa shape index (κ1) is 9.43. The first-order valence-electron chi connectivity index (χ1n) is 3.36. The molecule has 0 unspecified atom stereocenters. The SMILES string of the molecule is CN[C@@H](C(N)=O)C(C)(C)C. The lowest BCUT2D eigenvalue weighted by Crippen LogP contribution is -2.48. The lowest BCUT2D eigenvalue weighted by Gasteiger charge is -2.27. The third kappa shape index (κ3) is 2.35. The molecule has 3 heteroatoms. The molecule has 10 heavy (non-hydrogen) atoms. The lowest BCUT2D eigenvalue weighted by atomic mass is 9.86. The van der Waals surface area contributed by atoms with Gasteiger partial charge in [-0.1, -0.05) is 20.8 Å². The van der Waals surface area contributed by atoms with Crippen molar-refractivity contribution in [3.8, 4) is 0 Å². The molecule has 0 aliphatic rings. The second-order valence-electron chi connectivity index (χ2n) is 3.49. The van der Waals surface area contributed by atoms with E-state index in [0.29, 0.717) is 0 Å². The zero-order valence-corrected chi connectivity index (χ0v) is 7.06. The minimum atomic E-state index is -0.296. The van der Waals surface area contributed by atoms with Crippen LogP contribution in [0.15, 0.2) is 0 Å². The molecule has 0 saturated heterocycles. The van der Waals surface area contributed by atoms with E-state index in [1.165, 1.54) is 0 Å². The fraction of sp³-hybridized carbons (Fsp3) is 0.857. The Morgan fingerprint density at radius 3 is 1.90 bits per heavy atom. The molecule has 0 aromatic heterocycles. The largest absolute Gasteiger partial charge is 0.368 e. The van der Waals surface area contributed by atoms with Gasteiger partial charge in [0.2, 0.25) is 5.91 Å². The van der Waals surface area contributed by atoms with Crippen molar-refractivity contribution in [2.45, 2.75) is 26.8 Å². The van der Waals surface area contributed by atoms with Gasteiger partial charge in [0.25, 0.3) is 0 Å². The Morgan fingerprint density at radius 1 is 1.50 bits per heavy atom. The van der Waals surface area contributed by atoms with Crippen LogP contribution >= 0.6 is 0 Å². The molecule has 0 saturated carbocycles. The normalized spacial score (nSPS) is 14.8. The van der Waals surface area contributed by atoms with Crippen molar-refractivity contribution in [3.63, 3.8) is 0 Å². The van der Waals surface area contributed by atoms with Crippen molar-refractivity contribution in [3.05, 3.63) is 0 Å². The molecule has 0 fully saturated rings. The Labute approximate surface area is 62.0 Å². The monoisotopic (exact) mass is 144 g/mol. The highest BCUT2D eigenvalue weighted by Gasteiger charge is 2.27. The van der Waals surface area contributed by atoms with Gasteiger partial charge in [0.1, 0.15) is 0 Å². The van der Waals surface area contributed by atoms with Crippen molar-refractivity contribution < 1.29 is 4.79 Å². The van der Waals surface area contributed by atoms with Gasteiger partial charge in [-0.3, -0.25) is 4.79 Å². The van der Waals surface area contributed by atoms with E-state index >= 15 is 0 Å². The highest BCUT2D eigenvalue weighted by molar-refractivity contribution is 5.80. The third-order valence-corrected chi connectivity index (χ3v) is 1.44. The van der Waals surface area contributed by atoms with Crippen LogP contribution < -0.4 is 11.1 Å². The summed E-state index contributed by atoms with van der Waals surface area (Å²) in [6, 6.07) is -0.243. The van der Waals surface area contributed by atoms with Crippen LogP contribution in [0.25, 0.3) is 0 Å². The maximum Gasteiger partial charge on any atom is 0.235 e. The van der Waals surface area contributed by atoms with Crippen molar-refractivity contribution in [2.75, 3.05) is 7.05 Å². The molecule has 0 spiro atoms. The zero-order chi connectivity index (χ0) is 8.36. The minimum absolute atomic E-state index is 0.0966. The summed E-state index contributed by atoms with van der Waals surface area (Å²) in [5, 5.41) is 2.87. The first-order chi connectivity index (χ1) is 4.39. The number of primary amides is 1. The molecule has 0 radical (unpaired) electrons. The summed E-state index contributed by atoms with van der Waals surface area (Å²) < 4.78 is 0. The maximum absolute atomic E-state index is 10.7. The summed E-state index contributed by atoms with van der Waals surface area (Å²) in [5.74, 6) is -0.296. The molecule has 3 N–H and O–H groups in total. The smallest absolute Gasteiger partial charge is 0.235 e. The first-order valence-corrected chi connectivity index (χ1v) is 3.36. The summed E-state index contributed by atoms with van der Waals surface area (Å²) >= 11 is 0. The molecule has 3 nitrogen and oxygen atoms in total. The molecular weight excluding hydrogens is 128 g/mol. The van der Waals surface area contributed by atoms with Gasteiger partial charge < -0.3 is 11.1 Å². The number of nitrogens with one attached hydrogen (secondary N) is 1. The predicted octanol–water partition coefficient (Wildman–Crippen LogP) is 0.106. The van der Waals surface area contributed by atoms with Gasteiger partial charge >= 0.3 is 0 Å². The van der Waals surface area contributed by atoms with Crippen LogP contribution in [0.3, 0.4) is 0 Å². The van der Waals surface area contributed by atoms with Gasteiger partial charge in [-0.25, -0.2) is 0 Å². The lowest BCUT2D eigenvalue weighted by molar-refractivity contribution is -0.122. The highest BCUT2D eigenvalue weighted by atomic mass is 16.1. The van der Waals surface area contributed by atoms with Crippen LogP contribution in [0, 0.1) is 5.41 Å². The van der Waals surface area contributed by atoms with Crippen molar-refractivity contribution in [2.24, 2.45) is 11.1 Å². The molecule has 1 amide bonds. The van der Waals surface area contributed by atoms with Crippen LogP contribution in [0.2, 0.25) is 0 Å². The summed E-state index contributed by atoms with van der Waals surface area (Å²) in [5.41, 5.74) is 5.04. The van der Waals surface area contributed by atoms with E-state index in [0.717, 1.165) is 0 Å².